The lowest BCUT2D eigenvalue weighted by Crippen LogP contribution is -2.40. The molecule has 16 heavy (non-hydrogen) atoms. The van der Waals surface area contributed by atoms with Gasteiger partial charge in [0.15, 0.2) is 0 Å². The van der Waals surface area contributed by atoms with Crippen LogP contribution in [0.2, 0.25) is 0 Å². The van der Waals surface area contributed by atoms with E-state index in [2.05, 4.69) is 24.2 Å². The average molecular weight is 227 g/mol. The normalized spacial score (nSPS) is 25.2. The fraction of sp³-hybridized carbons (Fsp3) is 0.917. The molecule has 0 spiro atoms. The first-order valence-corrected chi connectivity index (χ1v) is 6.37. The van der Waals surface area contributed by atoms with Gasteiger partial charge in [0.2, 0.25) is 5.91 Å². The Bertz CT molecular complexity index is 220. The van der Waals surface area contributed by atoms with Crippen LogP contribution in [0.5, 0.6) is 0 Å². The van der Waals surface area contributed by atoms with Crippen molar-refractivity contribution in [2.75, 3.05) is 20.1 Å². The van der Waals surface area contributed by atoms with Crippen LogP contribution in [0, 0.1) is 0 Å². The zero-order valence-corrected chi connectivity index (χ0v) is 10.5. The van der Waals surface area contributed by atoms with E-state index in [1.54, 1.807) is 0 Å². The summed E-state index contributed by atoms with van der Waals surface area (Å²) in [5.41, 5.74) is 5.27. The molecule has 1 fully saturated rings. The number of primary amides is 1. The van der Waals surface area contributed by atoms with Crippen molar-refractivity contribution in [3.05, 3.63) is 0 Å². The minimum Gasteiger partial charge on any atom is -0.368 e. The van der Waals surface area contributed by atoms with Gasteiger partial charge in [-0.1, -0.05) is 13.3 Å². The summed E-state index contributed by atoms with van der Waals surface area (Å²) in [6, 6.07) is 0.382. The summed E-state index contributed by atoms with van der Waals surface area (Å²) in [6.07, 6.45) is 5.60. The Morgan fingerprint density at radius 1 is 1.44 bits per heavy atom. The van der Waals surface area contributed by atoms with Gasteiger partial charge in [0, 0.05) is 6.04 Å². The molecule has 94 valence electrons. The van der Waals surface area contributed by atoms with E-state index in [-0.39, 0.29) is 11.9 Å². The van der Waals surface area contributed by atoms with E-state index >= 15 is 0 Å². The molecule has 0 aromatic heterocycles. The summed E-state index contributed by atoms with van der Waals surface area (Å²) >= 11 is 0. The highest BCUT2D eigenvalue weighted by molar-refractivity contribution is 5.80. The monoisotopic (exact) mass is 227 g/mol. The molecule has 1 aliphatic rings. The maximum Gasteiger partial charge on any atom is 0.234 e. The maximum atomic E-state index is 11.0. The highest BCUT2D eigenvalue weighted by atomic mass is 16.1. The second kappa shape index (κ2) is 6.86. The summed E-state index contributed by atoms with van der Waals surface area (Å²) in [6.45, 7) is 4.48. The molecule has 1 heterocycles. The molecule has 4 nitrogen and oxygen atoms in total. The number of nitrogens with zero attached hydrogens (tertiary/aromatic N) is 1. The molecule has 0 aromatic carbocycles. The molecule has 0 aliphatic carbocycles. The molecule has 2 atom stereocenters. The summed E-state index contributed by atoms with van der Waals surface area (Å²) in [4.78, 5) is 13.3. The van der Waals surface area contributed by atoms with Gasteiger partial charge in [-0.2, -0.15) is 0 Å². The Morgan fingerprint density at radius 2 is 2.19 bits per heavy atom. The van der Waals surface area contributed by atoms with E-state index in [0.29, 0.717) is 6.04 Å². The standard InChI is InChI=1S/C12H25N3O/c1-3-4-8-15(2)9-7-10-5-6-11(14-10)12(13)16/h10-11,14H,3-9H2,1-2H3,(H2,13,16). The minimum atomic E-state index is -0.207. The number of carbonyl (C=O) groups is 1. The van der Waals surface area contributed by atoms with Crippen LogP contribution in [0.25, 0.3) is 0 Å². The van der Waals surface area contributed by atoms with E-state index in [9.17, 15) is 4.79 Å². The summed E-state index contributed by atoms with van der Waals surface area (Å²) in [7, 11) is 2.16. The number of nitrogens with two attached hydrogens (primary N) is 1. The first kappa shape index (κ1) is 13.5. The molecule has 1 rings (SSSR count). The maximum absolute atomic E-state index is 11.0. The van der Waals surface area contributed by atoms with Crippen LogP contribution in [0.1, 0.15) is 39.0 Å². The SMILES string of the molecule is CCCCN(C)CCC1CCC(C(N)=O)N1. The van der Waals surface area contributed by atoms with Gasteiger partial charge in [0.1, 0.15) is 0 Å². The van der Waals surface area contributed by atoms with Crippen molar-refractivity contribution in [1.82, 2.24) is 10.2 Å². The van der Waals surface area contributed by atoms with E-state index in [4.69, 9.17) is 5.73 Å². The number of rotatable bonds is 7. The van der Waals surface area contributed by atoms with Gasteiger partial charge in [-0.3, -0.25) is 4.79 Å². The molecule has 1 saturated heterocycles. The van der Waals surface area contributed by atoms with Crippen molar-refractivity contribution < 1.29 is 4.79 Å². The van der Waals surface area contributed by atoms with Crippen molar-refractivity contribution in [3.63, 3.8) is 0 Å². The number of nitrogens with one attached hydrogen (secondary N) is 1. The minimum absolute atomic E-state index is 0.0917. The largest absolute Gasteiger partial charge is 0.368 e. The number of amides is 1. The van der Waals surface area contributed by atoms with Gasteiger partial charge in [-0.25, -0.2) is 0 Å². The van der Waals surface area contributed by atoms with Crippen LogP contribution in [0.15, 0.2) is 0 Å². The molecule has 0 aromatic rings. The van der Waals surface area contributed by atoms with Crippen LogP contribution in [0.4, 0.5) is 0 Å². The molecular weight excluding hydrogens is 202 g/mol. The third kappa shape index (κ3) is 4.49. The Hall–Kier alpha value is -0.610. The molecule has 0 radical (unpaired) electrons. The third-order valence-electron chi connectivity index (χ3n) is 3.34. The Kier molecular flexibility index (Phi) is 5.77. The average Bonchev–Trinajstić information content (AvgIpc) is 2.72. The highest BCUT2D eigenvalue weighted by Gasteiger charge is 2.26. The number of hydrogen-bond donors (Lipinski definition) is 2. The van der Waals surface area contributed by atoms with Crippen molar-refractivity contribution in [2.24, 2.45) is 5.73 Å². The molecule has 0 saturated carbocycles. The topological polar surface area (TPSA) is 58.4 Å². The second-order valence-corrected chi connectivity index (χ2v) is 4.84. The number of hydrogen-bond acceptors (Lipinski definition) is 3. The quantitative estimate of drug-likeness (QED) is 0.673. The van der Waals surface area contributed by atoms with Crippen molar-refractivity contribution in [2.45, 2.75) is 51.1 Å². The Labute approximate surface area is 98.6 Å². The molecule has 0 bridgehead atoms. The molecule has 2 unspecified atom stereocenters. The highest BCUT2D eigenvalue weighted by Crippen LogP contribution is 2.15. The van der Waals surface area contributed by atoms with Crippen molar-refractivity contribution in [1.29, 1.82) is 0 Å². The van der Waals surface area contributed by atoms with Crippen LogP contribution in [-0.2, 0) is 4.79 Å². The first-order chi connectivity index (χ1) is 7.63. The van der Waals surface area contributed by atoms with Crippen LogP contribution in [0.3, 0.4) is 0 Å². The van der Waals surface area contributed by atoms with E-state index < -0.39 is 0 Å². The van der Waals surface area contributed by atoms with E-state index in [1.807, 2.05) is 0 Å². The predicted molar refractivity (Wildman–Crippen MR) is 66.2 cm³/mol. The number of carbonyl (C=O) groups excluding carboxylic acids is 1. The van der Waals surface area contributed by atoms with Gasteiger partial charge in [-0.05, 0) is 45.8 Å². The smallest absolute Gasteiger partial charge is 0.234 e. The van der Waals surface area contributed by atoms with E-state index in [0.717, 1.165) is 25.8 Å². The summed E-state index contributed by atoms with van der Waals surface area (Å²) < 4.78 is 0. The fourth-order valence-corrected chi connectivity index (χ4v) is 2.19. The molecule has 4 heteroatoms. The molecule has 1 amide bonds. The van der Waals surface area contributed by atoms with Gasteiger partial charge in [-0.15, -0.1) is 0 Å². The Balaban J connectivity index is 2.12. The van der Waals surface area contributed by atoms with E-state index in [1.165, 1.54) is 19.4 Å². The molecule has 1 aliphatic heterocycles. The lowest BCUT2D eigenvalue weighted by atomic mass is 10.1. The predicted octanol–water partition coefficient (Wildman–Crippen LogP) is 0.714. The molecule has 3 N–H and O–H groups in total. The fourth-order valence-electron chi connectivity index (χ4n) is 2.19. The first-order valence-electron chi connectivity index (χ1n) is 6.37. The van der Waals surface area contributed by atoms with Crippen molar-refractivity contribution in [3.8, 4) is 0 Å². The number of unbranched alkanes of at least 4 members (excludes halogenated alkanes) is 1. The lowest BCUT2D eigenvalue weighted by Gasteiger charge is -2.19. The van der Waals surface area contributed by atoms with Gasteiger partial charge in [0.25, 0.3) is 0 Å². The van der Waals surface area contributed by atoms with Gasteiger partial charge in [0.05, 0.1) is 6.04 Å². The lowest BCUT2D eigenvalue weighted by molar-refractivity contribution is -0.119. The van der Waals surface area contributed by atoms with Crippen LogP contribution >= 0.6 is 0 Å². The summed E-state index contributed by atoms with van der Waals surface area (Å²) in [5, 5.41) is 3.30. The second-order valence-electron chi connectivity index (χ2n) is 4.84. The zero-order valence-electron chi connectivity index (χ0n) is 10.5. The molecular formula is C12H25N3O. The van der Waals surface area contributed by atoms with Gasteiger partial charge >= 0.3 is 0 Å². The van der Waals surface area contributed by atoms with Crippen LogP contribution in [-0.4, -0.2) is 43.0 Å². The Morgan fingerprint density at radius 3 is 2.75 bits per heavy atom. The van der Waals surface area contributed by atoms with Crippen LogP contribution < -0.4 is 11.1 Å². The third-order valence-corrected chi connectivity index (χ3v) is 3.34. The summed E-state index contributed by atoms with van der Waals surface area (Å²) in [5.74, 6) is -0.207. The van der Waals surface area contributed by atoms with Gasteiger partial charge < -0.3 is 16.0 Å². The van der Waals surface area contributed by atoms with Crippen molar-refractivity contribution >= 4 is 5.91 Å². The zero-order chi connectivity index (χ0) is 12.0.